The molecule has 0 radical (unpaired) electrons. The Kier molecular flexibility index (Phi) is 16.3. The molecule has 0 nitrogen and oxygen atoms in total. The molecule has 0 saturated carbocycles. The molecule has 2 heteroatoms. The van der Waals surface area contributed by atoms with E-state index in [0.717, 1.165) is 4.43 Å². The Morgan fingerprint density at radius 1 is 1.67 bits per heavy atom. The molecule has 0 aliphatic heterocycles. The molecular weight excluding hydrogens is 199 g/mol. The first kappa shape index (κ1) is 10.3. The van der Waals surface area contributed by atoms with Gasteiger partial charge in [0.1, 0.15) is 0 Å². The van der Waals surface area contributed by atoms with Crippen LogP contribution < -0.4 is 0 Å². The maximum atomic E-state index is 2.30. The van der Waals surface area contributed by atoms with Gasteiger partial charge in [0.05, 0.1) is 0 Å². The Labute approximate surface area is 68.7 Å². The van der Waals surface area contributed by atoms with Crippen LogP contribution in [0.4, 0.5) is 0 Å². The van der Waals surface area contributed by atoms with Gasteiger partial charge in [0.25, 0.3) is 0 Å². The van der Waals surface area contributed by atoms with Crippen molar-refractivity contribution in [2.75, 3.05) is 4.43 Å². The summed E-state index contributed by atoms with van der Waals surface area (Å²) >= 11 is 2.30. The highest BCUT2D eigenvalue weighted by molar-refractivity contribution is 14.1. The van der Waals surface area contributed by atoms with Crippen molar-refractivity contribution < 1.29 is 0 Å². The minimum atomic E-state index is 0. The normalized spacial score (nSPS) is 8.33. The van der Waals surface area contributed by atoms with Crippen LogP contribution in [0.2, 0.25) is 0 Å². The lowest BCUT2D eigenvalue weighted by Gasteiger charge is -1.63. The lowest BCUT2D eigenvalue weighted by atomic mass is 10.6. The van der Waals surface area contributed by atoms with Gasteiger partial charge in [-0.05, 0) is 6.92 Å². The number of halogens is 1. The van der Waals surface area contributed by atoms with Crippen LogP contribution in [0.5, 0.6) is 0 Å². The maximum absolute atomic E-state index is 2.30. The molecule has 0 unspecified atom stereocenters. The number of hydrogen-bond donors (Lipinski definition) is 0. The first-order valence-electron chi connectivity index (χ1n) is 1.59. The predicted molar refractivity (Wildman–Crippen MR) is 42.2 cm³/mol. The van der Waals surface area contributed by atoms with Crippen molar-refractivity contribution in [3.63, 3.8) is 0 Å². The van der Waals surface area contributed by atoms with E-state index in [1.54, 1.807) is 0 Å². The SMILES string of the molecule is C/C=C/CI.[MgH2]. The molecular formula is C4H9IMg. The largest absolute Gasteiger partial charge is 0.316 e. The van der Waals surface area contributed by atoms with Crippen LogP contribution in [0.1, 0.15) is 6.92 Å². The van der Waals surface area contributed by atoms with Crippen LogP contribution in [0.3, 0.4) is 0 Å². The van der Waals surface area contributed by atoms with Gasteiger partial charge in [-0.3, -0.25) is 0 Å². The van der Waals surface area contributed by atoms with Crippen molar-refractivity contribution in [3.8, 4) is 0 Å². The lowest BCUT2D eigenvalue weighted by Crippen LogP contribution is -1.49. The molecule has 0 heterocycles. The third-order valence-electron chi connectivity index (χ3n) is 0.325. The summed E-state index contributed by atoms with van der Waals surface area (Å²) in [6, 6.07) is 0. The summed E-state index contributed by atoms with van der Waals surface area (Å²) in [5, 5.41) is 0. The summed E-state index contributed by atoms with van der Waals surface area (Å²) in [6.07, 6.45) is 4.16. The fourth-order valence-electron chi connectivity index (χ4n) is 0.0891. The molecule has 6 heavy (non-hydrogen) atoms. The summed E-state index contributed by atoms with van der Waals surface area (Å²) in [4.78, 5) is 0. The van der Waals surface area contributed by atoms with Crippen LogP contribution in [-0.2, 0) is 0 Å². The molecule has 0 aliphatic rings. The van der Waals surface area contributed by atoms with Gasteiger partial charge in [0, 0.05) is 4.43 Å². The van der Waals surface area contributed by atoms with Gasteiger partial charge >= 0.3 is 23.1 Å². The fourth-order valence-corrected chi connectivity index (χ4v) is 0.598. The maximum Gasteiger partial charge on any atom is 0.316 e. The van der Waals surface area contributed by atoms with E-state index in [0.29, 0.717) is 0 Å². The number of rotatable bonds is 1. The number of alkyl halides is 1. The summed E-state index contributed by atoms with van der Waals surface area (Å²) in [5.41, 5.74) is 0. The Morgan fingerprint density at radius 3 is 2.17 bits per heavy atom. The fraction of sp³-hybridized carbons (Fsp3) is 0.500. The van der Waals surface area contributed by atoms with Crippen molar-refractivity contribution in [1.82, 2.24) is 0 Å². The molecule has 0 spiro atoms. The molecule has 34 valence electrons. The molecule has 0 aromatic rings. The summed E-state index contributed by atoms with van der Waals surface area (Å²) in [7, 11) is 0. The molecule has 0 rings (SSSR count). The van der Waals surface area contributed by atoms with Crippen LogP contribution in [0, 0.1) is 0 Å². The van der Waals surface area contributed by atoms with Gasteiger partial charge < -0.3 is 0 Å². The molecule has 0 bridgehead atoms. The highest BCUT2D eigenvalue weighted by atomic mass is 127. The average molecular weight is 208 g/mol. The second-order valence-corrected chi connectivity index (χ2v) is 1.60. The van der Waals surface area contributed by atoms with Gasteiger partial charge in [0.15, 0.2) is 0 Å². The van der Waals surface area contributed by atoms with E-state index in [1.807, 2.05) is 13.0 Å². The Balaban J connectivity index is 0. The number of hydrogen-bond acceptors (Lipinski definition) is 0. The van der Waals surface area contributed by atoms with Gasteiger partial charge in [-0.15, -0.1) is 0 Å². The minimum absolute atomic E-state index is 0. The molecule has 0 N–H and O–H groups in total. The monoisotopic (exact) mass is 208 g/mol. The van der Waals surface area contributed by atoms with E-state index in [1.165, 1.54) is 0 Å². The zero-order valence-corrected chi connectivity index (χ0v) is 5.40. The lowest BCUT2D eigenvalue weighted by molar-refractivity contribution is 1.68. The minimum Gasteiger partial charge on any atom is -0.0909 e. The van der Waals surface area contributed by atoms with Crippen LogP contribution in [-0.4, -0.2) is 27.5 Å². The molecule has 0 amide bonds. The van der Waals surface area contributed by atoms with Crippen molar-refractivity contribution >= 4 is 45.6 Å². The Bertz CT molecular complexity index is 34.5. The van der Waals surface area contributed by atoms with Crippen LogP contribution >= 0.6 is 22.6 Å². The van der Waals surface area contributed by atoms with E-state index in [-0.39, 0.29) is 23.1 Å². The summed E-state index contributed by atoms with van der Waals surface area (Å²) in [6.45, 7) is 2.03. The molecule has 0 fully saturated rings. The van der Waals surface area contributed by atoms with Crippen molar-refractivity contribution in [3.05, 3.63) is 12.2 Å². The number of allylic oxidation sites excluding steroid dienone is 2. The molecule has 0 aromatic heterocycles. The Hall–Kier alpha value is 1.24. The molecule has 0 aliphatic carbocycles. The zero-order valence-electron chi connectivity index (χ0n) is 3.24. The quantitative estimate of drug-likeness (QED) is 0.262. The first-order chi connectivity index (χ1) is 2.41. The van der Waals surface area contributed by atoms with Crippen LogP contribution in [0.15, 0.2) is 12.2 Å². The van der Waals surface area contributed by atoms with Gasteiger partial charge in [0.2, 0.25) is 0 Å². The summed E-state index contributed by atoms with van der Waals surface area (Å²) in [5.74, 6) is 0. The molecule has 0 saturated heterocycles. The predicted octanol–water partition coefficient (Wildman–Crippen LogP) is 1.08. The van der Waals surface area contributed by atoms with E-state index in [2.05, 4.69) is 28.7 Å². The van der Waals surface area contributed by atoms with Gasteiger partial charge in [-0.1, -0.05) is 34.7 Å². The van der Waals surface area contributed by atoms with Crippen molar-refractivity contribution in [2.45, 2.75) is 6.92 Å². The molecule has 0 atom stereocenters. The third kappa shape index (κ3) is 8.97. The molecule has 0 aromatic carbocycles. The highest BCUT2D eigenvalue weighted by Gasteiger charge is 1.54. The zero-order chi connectivity index (χ0) is 4.12. The first-order valence-corrected chi connectivity index (χ1v) is 3.11. The smallest absolute Gasteiger partial charge is 0.0909 e. The van der Waals surface area contributed by atoms with Gasteiger partial charge in [-0.25, -0.2) is 0 Å². The van der Waals surface area contributed by atoms with E-state index in [4.69, 9.17) is 0 Å². The second kappa shape index (κ2) is 9.53. The van der Waals surface area contributed by atoms with Gasteiger partial charge in [-0.2, -0.15) is 0 Å². The van der Waals surface area contributed by atoms with Crippen molar-refractivity contribution in [2.24, 2.45) is 0 Å². The average Bonchev–Trinajstić information content (AvgIpc) is 1.41. The van der Waals surface area contributed by atoms with E-state index >= 15 is 0 Å². The Morgan fingerprint density at radius 2 is 2.17 bits per heavy atom. The van der Waals surface area contributed by atoms with Crippen LogP contribution in [0.25, 0.3) is 0 Å². The van der Waals surface area contributed by atoms with E-state index < -0.39 is 0 Å². The highest BCUT2D eigenvalue weighted by Crippen LogP contribution is 1.79. The third-order valence-corrected chi connectivity index (χ3v) is 0.833. The van der Waals surface area contributed by atoms with Crippen molar-refractivity contribution in [1.29, 1.82) is 0 Å². The second-order valence-electron chi connectivity index (χ2n) is 0.723. The summed E-state index contributed by atoms with van der Waals surface area (Å²) < 4.78 is 1.13. The van der Waals surface area contributed by atoms with E-state index in [9.17, 15) is 0 Å². The standard InChI is InChI=1S/C4H7I.Mg.2H/c1-2-3-4-5;;;/h2-3H,4H2,1H3;;;/b3-2+;;;. The topological polar surface area (TPSA) is 0 Å².